The van der Waals surface area contributed by atoms with E-state index in [2.05, 4.69) is 48.4 Å². The molecule has 1 saturated heterocycles. The maximum absolute atomic E-state index is 4.56. The first-order chi connectivity index (χ1) is 8.11. The quantitative estimate of drug-likeness (QED) is 0.895. The highest BCUT2D eigenvalue weighted by Gasteiger charge is 2.31. The fraction of sp³-hybridized carbons (Fsp3) is 0.769. The largest absolute Gasteiger partial charge is 0.317 e. The second kappa shape index (κ2) is 5.46. The molecule has 0 amide bonds. The third-order valence-electron chi connectivity index (χ3n) is 4.07. The predicted octanol–water partition coefficient (Wildman–Crippen LogP) is 2.27. The topological polar surface area (TPSA) is 28.2 Å². The van der Waals surface area contributed by atoms with Gasteiger partial charge in [0.1, 0.15) is 5.01 Å². The average Bonchev–Trinajstić information content (AvgIpc) is 2.71. The number of piperidine rings is 1. The van der Waals surface area contributed by atoms with E-state index in [4.69, 9.17) is 0 Å². The summed E-state index contributed by atoms with van der Waals surface area (Å²) >= 11 is 1.78. The van der Waals surface area contributed by atoms with Crippen LogP contribution in [0.15, 0.2) is 5.38 Å². The molecule has 96 valence electrons. The lowest BCUT2D eigenvalue weighted by atomic mass is 9.87. The highest BCUT2D eigenvalue weighted by atomic mass is 32.1. The van der Waals surface area contributed by atoms with Gasteiger partial charge in [-0.2, -0.15) is 0 Å². The van der Waals surface area contributed by atoms with Gasteiger partial charge in [0.15, 0.2) is 0 Å². The summed E-state index contributed by atoms with van der Waals surface area (Å²) in [7, 11) is 2.08. The minimum Gasteiger partial charge on any atom is -0.317 e. The molecule has 2 heterocycles. The third-order valence-corrected chi connectivity index (χ3v) is 5.03. The second-order valence-electron chi connectivity index (χ2n) is 5.14. The molecule has 4 heteroatoms. The molecule has 1 fully saturated rings. The summed E-state index contributed by atoms with van der Waals surface area (Å²) in [6.07, 6.45) is 1.24. The Balaban J connectivity index is 1.98. The minimum atomic E-state index is 0.630. The summed E-state index contributed by atoms with van der Waals surface area (Å²) in [5, 5.41) is 6.83. The molecule has 1 aromatic heterocycles. The van der Waals surface area contributed by atoms with E-state index in [1.807, 2.05) is 0 Å². The van der Waals surface area contributed by atoms with Gasteiger partial charge in [-0.15, -0.1) is 11.3 Å². The summed E-state index contributed by atoms with van der Waals surface area (Å²) < 4.78 is 0. The van der Waals surface area contributed by atoms with Crippen molar-refractivity contribution in [3.05, 3.63) is 16.1 Å². The van der Waals surface area contributed by atoms with Gasteiger partial charge in [-0.3, -0.25) is 4.90 Å². The predicted molar refractivity (Wildman–Crippen MR) is 73.4 cm³/mol. The molecular formula is C13H23N3S. The molecule has 0 spiro atoms. The van der Waals surface area contributed by atoms with Crippen LogP contribution in [0.1, 0.15) is 31.0 Å². The van der Waals surface area contributed by atoms with Crippen LogP contribution in [-0.2, 0) is 6.54 Å². The van der Waals surface area contributed by atoms with Crippen LogP contribution in [0.2, 0.25) is 0 Å². The maximum Gasteiger partial charge on any atom is 0.107 e. The van der Waals surface area contributed by atoms with Gasteiger partial charge in [-0.05, 0) is 33.2 Å². The zero-order valence-electron chi connectivity index (χ0n) is 11.2. The number of hydrogen-bond donors (Lipinski definition) is 1. The Bertz CT molecular complexity index is 363. The Labute approximate surface area is 108 Å². The van der Waals surface area contributed by atoms with Crippen LogP contribution in [0.4, 0.5) is 0 Å². The van der Waals surface area contributed by atoms with Gasteiger partial charge in [0.2, 0.25) is 0 Å². The third kappa shape index (κ3) is 2.87. The van der Waals surface area contributed by atoms with Crippen molar-refractivity contribution in [1.82, 2.24) is 15.2 Å². The van der Waals surface area contributed by atoms with E-state index in [-0.39, 0.29) is 0 Å². The summed E-state index contributed by atoms with van der Waals surface area (Å²) in [4.78, 5) is 7.13. The SMILES string of the molecule is CNC1CCN(Cc2nc(C)cs2)C(C)C1C. The molecule has 2 rings (SSSR count). The average molecular weight is 253 g/mol. The molecule has 1 aliphatic rings. The number of rotatable bonds is 3. The normalized spacial score (nSPS) is 30.7. The number of aryl methyl sites for hydroxylation is 1. The first-order valence-corrected chi connectivity index (χ1v) is 7.32. The number of nitrogens with one attached hydrogen (secondary N) is 1. The first kappa shape index (κ1) is 13.0. The standard InChI is InChI=1S/C13H23N3S/c1-9-8-17-13(15-9)7-16-6-5-12(14-4)10(2)11(16)3/h8,10-12,14H,5-7H2,1-4H3. The Kier molecular flexibility index (Phi) is 4.17. The Morgan fingerprint density at radius 3 is 2.88 bits per heavy atom. The molecule has 1 aliphatic heterocycles. The smallest absolute Gasteiger partial charge is 0.107 e. The second-order valence-corrected chi connectivity index (χ2v) is 6.08. The van der Waals surface area contributed by atoms with Gasteiger partial charge < -0.3 is 5.32 Å². The molecule has 0 saturated carbocycles. The molecule has 1 N–H and O–H groups in total. The highest BCUT2D eigenvalue weighted by Crippen LogP contribution is 2.25. The summed E-state index contributed by atoms with van der Waals surface area (Å²) in [6, 6.07) is 1.30. The fourth-order valence-electron chi connectivity index (χ4n) is 2.72. The van der Waals surface area contributed by atoms with Crippen molar-refractivity contribution >= 4 is 11.3 Å². The van der Waals surface area contributed by atoms with Gasteiger partial charge >= 0.3 is 0 Å². The number of nitrogens with zero attached hydrogens (tertiary/aromatic N) is 2. The summed E-state index contributed by atoms with van der Waals surface area (Å²) in [5.74, 6) is 0.704. The van der Waals surface area contributed by atoms with E-state index >= 15 is 0 Å². The van der Waals surface area contributed by atoms with Crippen molar-refractivity contribution < 1.29 is 0 Å². The zero-order valence-corrected chi connectivity index (χ0v) is 12.0. The van der Waals surface area contributed by atoms with Crippen molar-refractivity contribution in [3.8, 4) is 0 Å². The van der Waals surface area contributed by atoms with Crippen LogP contribution in [0.5, 0.6) is 0 Å². The lowest BCUT2D eigenvalue weighted by molar-refractivity contribution is 0.0810. The molecule has 0 aromatic carbocycles. The van der Waals surface area contributed by atoms with Gasteiger partial charge in [-0.1, -0.05) is 6.92 Å². The number of thiazole rings is 1. The molecule has 1 aromatic rings. The molecular weight excluding hydrogens is 230 g/mol. The fourth-order valence-corrected chi connectivity index (χ4v) is 3.52. The molecule has 0 bridgehead atoms. The Hall–Kier alpha value is -0.450. The minimum absolute atomic E-state index is 0.630. The van der Waals surface area contributed by atoms with Gasteiger partial charge in [0, 0.05) is 29.7 Å². The van der Waals surface area contributed by atoms with Crippen LogP contribution in [0, 0.1) is 12.8 Å². The van der Waals surface area contributed by atoms with E-state index in [1.165, 1.54) is 18.0 Å². The lowest BCUT2D eigenvalue weighted by Crippen LogP contribution is -2.52. The van der Waals surface area contributed by atoms with Gasteiger partial charge in [0.25, 0.3) is 0 Å². The van der Waals surface area contributed by atoms with Crippen molar-refractivity contribution in [2.45, 2.75) is 45.8 Å². The van der Waals surface area contributed by atoms with Gasteiger partial charge in [0.05, 0.1) is 6.54 Å². The van der Waals surface area contributed by atoms with Gasteiger partial charge in [-0.25, -0.2) is 4.98 Å². The molecule has 17 heavy (non-hydrogen) atoms. The van der Waals surface area contributed by atoms with Crippen LogP contribution in [0.3, 0.4) is 0 Å². The Morgan fingerprint density at radius 2 is 2.29 bits per heavy atom. The van der Waals surface area contributed by atoms with Crippen LogP contribution in [0.25, 0.3) is 0 Å². The first-order valence-electron chi connectivity index (χ1n) is 6.44. The van der Waals surface area contributed by atoms with Crippen LogP contribution < -0.4 is 5.32 Å². The lowest BCUT2D eigenvalue weighted by Gasteiger charge is -2.42. The molecule has 0 aliphatic carbocycles. The molecule has 0 radical (unpaired) electrons. The Morgan fingerprint density at radius 1 is 1.53 bits per heavy atom. The van der Waals surface area contributed by atoms with E-state index in [0.717, 1.165) is 12.2 Å². The number of likely N-dealkylation sites (tertiary alicyclic amines) is 1. The maximum atomic E-state index is 4.56. The molecule has 3 nitrogen and oxygen atoms in total. The molecule has 3 unspecified atom stereocenters. The van der Waals surface area contributed by atoms with E-state index in [0.29, 0.717) is 18.0 Å². The van der Waals surface area contributed by atoms with E-state index in [9.17, 15) is 0 Å². The molecule has 3 atom stereocenters. The van der Waals surface area contributed by atoms with Crippen LogP contribution in [-0.4, -0.2) is 35.6 Å². The van der Waals surface area contributed by atoms with E-state index in [1.54, 1.807) is 11.3 Å². The van der Waals surface area contributed by atoms with Crippen molar-refractivity contribution in [2.75, 3.05) is 13.6 Å². The van der Waals surface area contributed by atoms with E-state index < -0.39 is 0 Å². The summed E-state index contributed by atoms with van der Waals surface area (Å²) in [5.41, 5.74) is 1.15. The summed E-state index contributed by atoms with van der Waals surface area (Å²) in [6.45, 7) is 8.95. The number of aromatic nitrogens is 1. The van der Waals surface area contributed by atoms with Crippen LogP contribution >= 0.6 is 11.3 Å². The highest BCUT2D eigenvalue weighted by molar-refractivity contribution is 7.09. The van der Waals surface area contributed by atoms with Crippen molar-refractivity contribution in [3.63, 3.8) is 0 Å². The zero-order chi connectivity index (χ0) is 12.4. The monoisotopic (exact) mass is 253 g/mol. The van der Waals surface area contributed by atoms with Crippen molar-refractivity contribution in [2.24, 2.45) is 5.92 Å². The van der Waals surface area contributed by atoms with Crippen molar-refractivity contribution in [1.29, 1.82) is 0 Å². The number of hydrogen-bond acceptors (Lipinski definition) is 4.